The number of anilines is 6. The minimum absolute atomic E-state index is 0.0248. The maximum Gasteiger partial charge on any atom is 0.252 e. The summed E-state index contributed by atoms with van der Waals surface area (Å²) < 4.78 is 109. The normalized spacial score (nSPS) is 14.7. The molecule has 0 aliphatic carbocycles. The number of para-hydroxylation sites is 4. The van der Waals surface area contributed by atoms with Crippen molar-refractivity contribution < 1.29 is 22.5 Å². The summed E-state index contributed by atoms with van der Waals surface area (Å²) in [6.07, 6.45) is 0. The van der Waals surface area contributed by atoms with Gasteiger partial charge in [-0.25, -0.2) is 0 Å². The van der Waals surface area contributed by atoms with Crippen LogP contribution in [0.2, 0.25) is 0 Å². The molecule has 0 fully saturated rings. The Morgan fingerprint density at radius 2 is 0.771 bits per heavy atom. The molecular formula is C90H72BN3O2. The van der Waals surface area contributed by atoms with Crippen LogP contribution in [-0.2, 0) is 16.2 Å². The van der Waals surface area contributed by atoms with Crippen LogP contribution in [0.15, 0.2) is 282 Å². The second kappa shape index (κ2) is 21.2. The van der Waals surface area contributed by atoms with Crippen molar-refractivity contribution in [3.63, 3.8) is 0 Å². The van der Waals surface area contributed by atoms with Gasteiger partial charge in [-0.3, -0.25) is 0 Å². The maximum atomic E-state index is 9.53. The van der Waals surface area contributed by atoms with Crippen molar-refractivity contribution in [2.45, 2.75) is 78.6 Å². The van der Waals surface area contributed by atoms with Crippen LogP contribution in [0, 0.1) is 0 Å². The van der Waals surface area contributed by atoms with Crippen LogP contribution in [0.4, 0.5) is 34.1 Å². The number of hydrogen-bond donors (Lipinski definition) is 0. The summed E-state index contributed by atoms with van der Waals surface area (Å²) in [4.78, 5) is 4.53. The third kappa shape index (κ3) is 8.91. The zero-order valence-corrected chi connectivity index (χ0v) is 54.9. The Kier molecular flexibility index (Phi) is 10.6. The standard InChI is InChI=1S/C90H72BN3O2/c1-88(2,3)60-43-47-75-70(51-60)71-52-61(89(4,5)6)44-48-76(71)92(75)62-53-81-83-82(54-62)94(80-40-24-37-69-67-35-22-33-65(85(67)96-87(69)80)64-31-19-20-38-72(64)90(7,8)9)78-46-42-59(56-27-15-11-16-28-56)50-74(78)91(83)73-49-58(55-25-13-10-14-26-55)41-45-77(73)93(81)79-39-23-36-68-66-34-21-32-63(84(66)95-86(68)79)57-29-17-12-18-30-57/h10-54H,1-9H3/i10D,11D,13D,14D,15D,16D,25D,26D,27D,28D. The molecule has 0 unspecified atom stereocenters. The quantitative estimate of drug-likeness (QED) is 0.149. The van der Waals surface area contributed by atoms with Crippen LogP contribution >= 0.6 is 0 Å². The van der Waals surface area contributed by atoms with E-state index in [0.717, 1.165) is 88.1 Å². The SMILES string of the molecule is [2H]c1c([2H])c([2H])c(-c2ccc3c(c2)B2c4cc(-c5c([2H])c([2H])c([2H])c([2H])c5[2H])ccc4N(c4cccc5c4oc4c(-c6ccccc6C(C)(C)C)cccc45)c4cc(-n5c6ccc(C(C)(C)C)cc6c6cc(C(C)(C)C)ccc65)cc(c42)N3c2cccc3c2oc2c(-c4ccccc4)cccc23)c([2H])c1[2H]. The fourth-order valence-corrected chi connectivity index (χ4v) is 15.4. The van der Waals surface area contributed by atoms with E-state index >= 15 is 0 Å². The summed E-state index contributed by atoms with van der Waals surface area (Å²) in [6.45, 7) is 19.4. The number of benzene rings is 13. The Morgan fingerprint density at radius 3 is 1.27 bits per heavy atom. The van der Waals surface area contributed by atoms with Crippen LogP contribution in [0.1, 0.15) is 92.7 Å². The number of nitrogens with zero attached hydrogens (tertiary/aromatic N) is 3. The van der Waals surface area contributed by atoms with Crippen molar-refractivity contribution in [2.24, 2.45) is 0 Å². The molecule has 13 aromatic carbocycles. The Balaban J connectivity index is 1.02. The molecule has 462 valence electrons. The molecule has 6 heteroatoms. The van der Waals surface area contributed by atoms with E-state index in [0.29, 0.717) is 67.1 Å². The van der Waals surface area contributed by atoms with Crippen LogP contribution in [0.25, 0.3) is 116 Å². The fourth-order valence-electron chi connectivity index (χ4n) is 15.4. The average Bonchev–Trinajstić information content (AvgIpc) is 1.06. The molecule has 0 atom stereocenters. The van der Waals surface area contributed by atoms with Crippen LogP contribution < -0.4 is 26.2 Å². The van der Waals surface area contributed by atoms with Crippen LogP contribution in [0.3, 0.4) is 0 Å². The minimum Gasteiger partial charge on any atom is -0.453 e. The van der Waals surface area contributed by atoms with E-state index in [-0.39, 0.29) is 51.5 Å². The zero-order chi connectivity index (χ0) is 73.8. The summed E-state index contributed by atoms with van der Waals surface area (Å²) >= 11 is 0. The van der Waals surface area contributed by atoms with Gasteiger partial charge in [-0.1, -0.05) is 274 Å². The molecule has 0 radical (unpaired) electrons. The Morgan fingerprint density at radius 1 is 0.323 bits per heavy atom. The number of aromatic nitrogens is 1. The van der Waals surface area contributed by atoms with Gasteiger partial charge in [0.05, 0.1) is 41.8 Å². The maximum absolute atomic E-state index is 9.53. The van der Waals surface area contributed by atoms with Crippen molar-refractivity contribution in [2.75, 3.05) is 9.80 Å². The molecule has 2 aliphatic heterocycles. The van der Waals surface area contributed by atoms with Gasteiger partial charge >= 0.3 is 0 Å². The van der Waals surface area contributed by atoms with Gasteiger partial charge in [0.2, 0.25) is 0 Å². The van der Waals surface area contributed by atoms with Gasteiger partial charge in [-0.2, -0.15) is 0 Å². The van der Waals surface area contributed by atoms with Gasteiger partial charge in [0.25, 0.3) is 6.71 Å². The highest BCUT2D eigenvalue weighted by molar-refractivity contribution is 7.00. The molecule has 0 N–H and O–H groups in total. The molecule has 0 saturated heterocycles. The molecule has 0 bridgehead atoms. The third-order valence-electron chi connectivity index (χ3n) is 20.0. The molecule has 5 heterocycles. The number of fused-ring (bicyclic) bond motifs is 13. The predicted molar refractivity (Wildman–Crippen MR) is 407 cm³/mol. The van der Waals surface area contributed by atoms with Gasteiger partial charge < -0.3 is 23.2 Å². The number of furan rings is 2. The lowest BCUT2D eigenvalue weighted by atomic mass is 9.33. The lowest BCUT2D eigenvalue weighted by Gasteiger charge is -2.44. The average molecular weight is 1250 g/mol. The molecular weight excluding hydrogens is 1170 g/mol. The van der Waals surface area contributed by atoms with E-state index in [9.17, 15) is 5.48 Å². The van der Waals surface area contributed by atoms with Crippen molar-refractivity contribution in [3.8, 4) is 50.2 Å². The second-order valence-electron chi connectivity index (χ2n) is 28.9. The topological polar surface area (TPSA) is 37.7 Å². The lowest BCUT2D eigenvalue weighted by Crippen LogP contribution is -2.61. The van der Waals surface area contributed by atoms with Crippen molar-refractivity contribution in [1.29, 1.82) is 0 Å². The first-order valence-corrected chi connectivity index (χ1v) is 33.0. The van der Waals surface area contributed by atoms with Crippen molar-refractivity contribution in [3.05, 3.63) is 289 Å². The van der Waals surface area contributed by atoms with Gasteiger partial charge in [-0.05, 0) is 143 Å². The third-order valence-corrected chi connectivity index (χ3v) is 20.0. The van der Waals surface area contributed by atoms with E-state index < -0.39 is 43.0 Å². The first kappa shape index (κ1) is 47.7. The molecule has 5 nitrogen and oxygen atoms in total. The van der Waals surface area contributed by atoms with E-state index in [1.54, 1.807) is 0 Å². The Labute approximate surface area is 575 Å². The van der Waals surface area contributed by atoms with Crippen LogP contribution in [-0.4, -0.2) is 11.3 Å². The molecule has 0 spiro atoms. The monoisotopic (exact) mass is 1250 g/mol. The Bertz CT molecular complexity index is 6380. The first-order chi connectivity index (χ1) is 50.7. The van der Waals surface area contributed by atoms with Crippen LogP contribution in [0.5, 0.6) is 0 Å². The molecule has 0 amide bonds. The van der Waals surface area contributed by atoms with Crippen molar-refractivity contribution >= 4 is 123 Å². The fraction of sp³-hybridized carbons (Fsp3) is 0.133. The first-order valence-electron chi connectivity index (χ1n) is 38.0. The molecule has 0 saturated carbocycles. The van der Waals surface area contributed by atoms with Crippen molar-refractivity contribution in [1.82, 2.24) is 4.57 Å². The number of rotatable bonds is 7. The summed E-state index contributed by atoms with van der Waals surface area (Å²) in [5.74, 6) is 0. The highest BCUT2D eigenvalue weighted by Crippen LogP contribution is 2.52. The second-order valence-corrected chi connectivity index (χ2v) is 28.9. The molecule has 96 heavy (non-hydrogen) atoms. The summed E-state index contributed by atoms with van der Waals surface area (Å²) in [6, 6.07) is 69.3. The van der Waals surface area contributed by atoms with Gasteiger partial charge in [0.1, 0.15) is 11.2 Å². The minimum atomic E-state index is -0.789. The molecule has 3 aromatic heterocycles. The molecule has 2 aliphatic rings. The zero-order valence-electron chi connectivity index (χ0n) is 64.9. The predicted octanol–water partition coefficient (Wildman–Crippen LogP) is 23.2. The smallest absolute Gasteiger partial charge is 0.252 e. The number of hydrogen-bond acceptors (Lipinski definition) is 4. The summed E-state index contributed by atoms with van der Waals surface area (Å²) in [5.41, 5.74) is 19.6. The van der Waals surface area contributed by atoms with Gasteiger partial charge in [-0.15, -0.1) is 0 Å². The summed E-state index contributed by atoms with van der Waals surface area (Å²) in [5, 5.41) is 5.78. The lowest BCUT2D eigenvalue weighted by molar-refractivity contribution is 0.590. The van der Waals surface area contributed by atoms with Gasteiger partial charge in [0, 0.05) is 66.2 Å². The van der Waals surface area contributed by atoms with E-state index in [2.05, 4.69) is 234 Å². The molecule has 16 aromatic rings. The van der Waals surface area contributed by atoms with Gasteiger partial charge in [0.15, 0.2) is 11.2 Å². The highest BCUT2D eigenvalue weighted by atomic mass is 16.3. The van der Waals surface area contributed by atoms with E-state index in [1.807, 2.05) is 54.6 Å². The molecule has 18 rings (SSSR count). The largest absolute Gasteiger partial charge is 0.453 e. The highest BCUT2D eigenvalue weighted by Gasteiger charge is 2.45. The van der Waals surface area contributed by atoms with E-state index in [1.165, 1.54) is 16.7 Å². The Hall–Kier alpha value is -11.1. The van der Waals surface area contributed by atoms with E-state index in [4.69, 9.17) is 17.1 Å². The summed E-state index contributed by atoms with van der Waals surface area (Å²) in [7, 11) is 0.